The molecule has 0 aromatic heterocycles. The summed E-state index contributed by atoms with van der Waals surface area (Å²) in [7, 11) is 0. The Morgan fingerprint density at radius 2 is 1.31 bits per heavy atom. The quantitative estimate of drug-likeness (QED) is 0.0233. The number of likely N-dealkylation sites (tertiary alicyclic amines) is 1. The molecule has 3 nitrogen and oxygen atoms in total. The molecule has 1 aliphatic rings. The molecule has 0 aliphatic carbocycles. The van der Waals surface area contributed by atoms with E-state index in [4.69, 9.17) is 4.74 Å². The van der Waals surface area contributed by atoms with Gasteiger partial charge in [0.15, 0.2) is 0 Å². The van der Waals surface area contributed by atoms with E-state index < -0.39 is 0 Å². The van der Waals surface area contributed by atoms with Crippen LogP contribution in [-0.4, -0.2) is 30.5 Å². The first-order valence-corrected chi connectivity index (χ1v) is 21.6. The molecule has 1 rings (SSSR count). The highest BCUT2D eigenvalue weighted by atomic mass is 16.5. The van der Waals surface area contributed by atoms with E-state index >= 15 is 0 Å². The number of ether oxygens (including phenoxy) is 1. The molecule has 1 atom stereocenters. The van der Waals surface area contributed by atoms with Crippen LogP contribution in [0.5, 0.6) is 0 Å². The molecule has 3 heteroatoms. The Hall–Kier alpha value is -1.57. The maximum absolute atomic E-state index is 12.3. The normalized spacial score (nSPS) is 14.9. The molecule has 49 heavy (non-hydrogen) atoms. The zero-order chi connectivity index (χ0) is 35.6. The molecule has 0 aromatic carbocycles. The maximum Gasteiger partial charge on any atom is 0.310 e. The summed E-state index contributed by atoms with van der Waals surface area (Å²) in [5.74, 6) is 1.96. The highest BCUT2D eigenvalue weighted by molar-refractivity contribution is 5.70. The summed E-state index contributed by atoms with van der Waals surface area (Å²) in [6.45, 7) is 15.1. The number of rotatable bonds is 32. The Labute approximate surface area is 306 Å². The molecule has 0 saturated carbocycles. The smallest absolute Gasteiger partial charge is 0.310 e. The largest absolute Gasteiger partial charge is 0.435 e. The molecule has 1 heterocycles. The second-order valence-electron chi connectivity index (χ2n) is 16.0. The van der Waals surface area contributed by atoms with E-state index in [1.807, 2.05) is 0 Å². The van der Waals surface area contributed by atoms with Gasteiger partial charge in [-0.1, -0.05) is 143 Å². The van der Waals surface area contributed by atoms with E-state index in [9.17, 15) is 4.79 Å². The zero-order valence-corrected chi connectivity index (χ0v) is 33.6. The molecule has 0 N–H and O–H groups in total. The third-order valence-corrected chi connectivity index (χ3v) is 10.5. The summed E-state index contributed by atoms with van der Waals surface area (Å²) in [5, 5.41) is 0. The summed E-state index contributed by atoms with van der Waals surface area (Å²) < 4.78 is 5.52. The molecule has 1 aliphatic heterocycles. The number of unbranched alkanes of at least 4 members (excludes halogenated alkanes) is 14. The minimum atomic E-state index is -0.0591. The first kappa shape index (κ1) is 45.5. The lowest BCUT2D eigenvalue weighted by Gasteiger charge is -2.28. The molecular weight excluding hydrogens is 599 g/mol. The van der Waals surface area contributed by atoms with E-state index in [2.05, 4.69) is 69.6 Å². The number of carbonyl (C=O) groups is 1. The van der Waals surface area contributed by atoms with Gasteiger partial charge < -0.3 is 9.64 Å². The Morgan fingerprint density at radius 3 is 1.96 bits per heavy atom. The highest BCUT2D eigenvalue weighted by Crippen LogP contribution is 2.24. The van der Waals surface area contributed by atoms with Gasteiger partial charge in [0.1, 0.15) is 0 Å². The Balaban J connectivity index is 2.17. The van der Waals surface area contributed by atoms with Crippen LogP contribution in [0.3, 0.4) is 0 Å². The summed E-state index contributed by atoms with van der Waals surface area (Å²) in [6.07, 6.45) is 45.1. The SMILES string of the molecule is CCCCC/C=C\CC=C=CCCCCCCCCC(CCCCCCCCC(=O)O/C=C(/CCC(C)C)C(C)C)CCN1CCCCC1. The fraction of sp³-hybridized carbons (Fsp3) is 0.826. The van der Waals surface area contributed by atoms with Gasteiger partial charge in [0.2, 0.25) is 0 Å². The fourth-order valence-electron chi connectivity index (χ4n) is 6.95. The Bertz CT molecular complexity index is 872. The molecule has 0 spiro atoms. The van der Waals surface area contributed by atoms with Crippen molar-refractivity contribution in [3.63, 3.8) is 0 Å². The Kier molecular flexibility index (Phi) is 31.1. The third-order valence-electron chi connectivity index (χ3n) is 10.5. The van der Waals surface area contributed by atoms with Gasteiger partial charge in [-0.15, -0.1) is 5.73 Å². The van der Waals surface area contributed by atoms with E-state index in [1.165, 1.54) is 160 Å². The number of allylic oxidation sites excluding steroid dienone is 4. The highest BCUT2D eigenvalue weighted by Gasteiger charge is 2.14. The predicted octanol–water partition coefficient (Wildman–Crippen LogP) is 14.5. The Morgan fingerprint density at radius 1 is 0.673 bits per heavy atom. The molecular formula is C46H83NO2. The number of piperidine rings is 1. The van der Waals surface area contributed by atoms with E-state index in [-0.39, 0.29) is 5.97 Å². The van der Waals surface area contributed by atoms with Crippen LogP contribution >= 0.6 is 0 Å². The van der Waals surface area contributed by atoms with Crippen LogP contribution < -0.4 is 0 Å². The van der Waals surface area contributed by atoms with Crippen LogP contribution in [-0.2, 0) is 9.53 Å². The van der Waals surface area contributed by atoms with Crippen LogP contribution in [0.25, 0.3) is 0 Å². The van der Waals surface area contributed by atoms with Gasteiger partial charge >= 0.3 is 5.97 Å². The van der Waals surface area contributed by atoms with E-state index in [0.717, 1.165) is 38.0 Å². The van der Waals surface area contributed by atoms with Crippen molar-refractivity contribution in [2.75, 3.05) is 19.6 Å². The van der Waals surface area contributed by atoms with Crippen molar-refractivity contribution in [3.8, 4) is 0 Å². The monoisotopic (exact) mass is 682 g/mol. The minimum Gasteiger partial charge on any atom is -0.435 e. The van der Waals surface area contributed by atoms with E-state index in [1.54, 1.807) is 6.26 Å². The lowest BCUT2D eigenvalue weighted by atomic mass is 9.91. The lowest BCUT2D eigenvalue weighted by molar-refractivity contribution is -0.138. The summed E-state index contributed by atoms with van der Waals surface area (Å²) >= 11 is 0. The summed E-state index contributed by atoms with van der Waals surface area (Å²) in [4.78, 5) is 15.0. The van der Waals surface area contributed by atoms with Gasteiger partial charge in [0.05, 0.1) is 6.26 Å². The fourth-order valence-corrected chi connectivity index (χ4v) is 6.95. The second-order valence-corrected chi connectivity index (χ2v) is 16.0. The van der Waals surface area contributed by atoms with Crippen molar-refractivity contribution in [3.05, 3.63) is 41.9 Å². The summed E-state index contributed by atoms with van der Waals surface area (Å²) in [5.41, 5.74) is 4.64. The van der Waals surface area contributed by atoms with Crippen molar-refractivity contribution < 1.29 is 9.53 Å². The van der Waals surface area contributed by atoms with Crippen molar-refractivity contribution in [1.29, 1.82) is 0 Å². The van der Waals surface area contributed by atoms with Crippen molar-refractivity contribution in [1.82, 2.24) is 4.90 Å². The van der Waals surface area contributed by atoms with Crippen molar-refractivity contribution in [2.45, 2.75) is 208 Å². The van der Waals surface area contributed by atoms with Crippen LogP contribution in [0.2, 0.25) is 0 Å². The van der Waals surface area contributed by atoms with Crippen LogP contribution in [0.1, 0.15) is 208 Å². The zero-order valence-electron chi connectivity index (χ0n) is 33.6. The molecule has 1 fully saturated rings. The minimum absolute atomic E-state index is 0.0591. The van der Waals surface area contributed by atoms with Crippen molar-refractivity contribution in [2.24, 2.45) is 17.8 Å². The second kappa shape index (κ2) is 33.6. The number of esters is 1. The van der Waals surface area contributed by atoms with Gasteiger partial charge in [-0.2, -0.15) is 0 Å². The van der Waals surface area contributed by atoms with Gasteiger partial charge in [0, 0.05) is 6.42 Å². The lowest BCUT2D eigenvalue weighted by Crippen LogP contribution is -2.31. The molecule has 284 valence electrons. The number of hydrogen-bond donors (Lipinski definition) is 0. The van der Waals surface area contributed by atoms with Gasteiger partial charge in [-0.3, -0.25) is 4.79 Å². The maximum atomic E-state index is 12.3. The van der Waals surface area contributed by atoms with Gasteiger partial charge in [-0.25, -0.2) is 0 Å². The number of carbonyl (C=O) groups excluding carboxylic acids is 1. The molecule has 0 radical (unpaired) electrons. The van der Waals surface area contributed by atoms with Crippen LogP contribution in [0.4, 0.5) is 0 Å². The molecule has 1 saturated heterocycles. The number of hydrogen-bond acceptors (Lipinski definition) is 3. The average molecular weight is 682 g/mol. The number of nitrogens with zero attached hydrogens (tertiary/aromatic N) is 1. The van der Waals surface area contributed by atoms with Gasteiger partial charge in [-0.05, 0) is 126 Å². The van der Waals surface area contributed by atoms with Crippen LogP contribution in [0, 0.1) is 17.8 Å². The first-order chi connectivity index (χ1) is 23.9. The van der Waals surface area contributed by atoms with Crippen molar-refractivity contribution >= 4 is 5.97 Å². The first-order valence-electron chi connectivity index (χ1n) is 21.6. The molecule has 0 bridgehead atoms. The molecule has 0 amide bonds. The predicted molar refractivity (Wildman–Crippen MR) is 216 cm³/mol. The summed E-state index contributed by atoms with van der Waals surface area (Å²) in [6, 6.07) is 0. The van der Waals surface area contributed by atoms with E-state index in [0.29, 0.717) is 18.3 Å². The molecule has 1 unspecified atom stereocenters. The standard InChI is InChI=1S/C46H83NO2/c1-6-7-8-9-10-11-12-13-14-15-16-17-18-19-20-23-27-32-44(37-40-47-38-30-26-31-39-47)33-28-24-21-22-25-29-34-46(48)49-41-45(43(4)5)36-35-42(2)3/h10-11,13,15,41-44H,6-9,12,16-40H2,1-5H3/b11-10-,45-41-. The topological polar surface area (TPSA) is 29.5 Å². The van der Waals surface area contributed by atoms with Crippen LogP contribution in [0.15, 0.2) is 41.9 Å². The van der Waals surface area contributed by atoms with Gasteiger partial charge in [0.25, 0.3) is 0 Å². The third kappa shape index (κ3) is 29.8. The average Bonchev–Trinajstić information content (AvgIpc) is 3.09. The molecule has 0 aromatic rings.